The summed E-state index contributed by atoms with van der Waals surface area (Å²) >= 11 is 0. The van der Waals surface area contributed by atoms with Crippen molar-refractivity contribution < 1.29 is 0 Å². The van der Waals surface area contributed by atoms with Crippen LogP contribution in [0.25, 0.3) is 0 Å². The number of pyridine rings is 1. The van der Waals surface area contributed by atoms with Crippen molar-refractivity contribution in [2.24, 2.45) is 0 Å². The van der Waals surface area contributed by atoms with E-state index in [-0.39, 0.29) is 0 Å². The summed E-state index contributed by atoms with van der Waals surface area (Å²) in [5, 5.41) is 3.45. The lowest BCUT2D eigenvalue weighted by Gasteiger charge is -2.29. The van der Waals surface area contributed by atoms with Crippen molar-refractivity contribution in [3.8, 4) is 0 Å². The Bertz CT molecular complexity index is 422. The van der Waals surface area contributed by atoms with Crippen LogP contribution in [0.5, 0.6) is 0 Å². The van der Waals surface area contributed by atoms with E-state index < -0.39 is 0 Å². The van der Waals surface area contributed by atoms with Crippen molar-refractivity contribution in [1.29, 1.82) is 0 Å². The zero-order valence-electron chi connectivity index (χ0n) is 14.0. The van der Waals surface area contributed by atoms with Gasteiger partial charge in [-0.2, -0.15) is 0 Å². The minimum Gasteiger partial charge on any atom is -0.356 e. The third-order valence-corrected chi connectivity index (χ3v) is 4.57. The average molecular weight is 289 g/mol. The Morgan fingerprint density at radius 1 is 1.24 bits per heavy atom. The number of anilines is 1. The predicted octanol–water partition coefficient (Wildman–Crippen LogP) is 4.05. The first-order chi connectivity index (χ1) is 10.2. The first kappa shape index (κ1) is 16.3. The van der Waals surface area contributed by atoms with E-state index in [0.717, 1.165) is 13.1 Å². The maximum Gasteiger partial charge on any atom is 0.131 e. The van der Waals surface area contributed by atoms with Gasteiger partial charge in [-0.05, 0) is 49.9 Å². The van der Waals surface area contributed by atoms with Gasteiger partial charge in [-0.15, -0.1) is 0 Å². The normalized spacial score (nSPS) is 16.7. The molecule has 0 unspecified atom stereocenters. The van der Waals surface area contributed by atoms with Gasteiger partial charge in [-0.3, -0.25) is 0 Å². The zero-order chi connectivity index (χ0) is 15.1. The third-order valence-electron chi connectivity index (χ3n) is 4.57. The van der Waals surface area contributed by atoms with Crippen LogP contribution in [0.2, 0.25) is 0 Å². The second-order valence-electron chi connectivity index (χ2n) is 6.42. The minimum atomic E-state index is 0.669. The van der Waals surface area contributed by atoms with Crippen LogP contribution in [0, 0.1) is 6.92 Å². The molecule has 1 N–H and O–H groups in total. The van der Waals surface area contributed by atoms with Crippen molar-refractivity contribution >= 4 is 5.82 Å². The lowest BCUT2D eigenvalue weighted by atomic mass is 10.1. The van der Waals surface area contributed by atoms with E-state index in [0.29, 0.717) is 6.04 Å². The van der Waals surface area contributed by atoms with E-state index in [4.69, 9.17) is 4.98 Å². The maximum absolute atomic E-state index is 4.75. The van der Waals surface area contributed by atoms with E-state index in [1.165, 1.54) is 61.9 Å². The number of hydrogen-bond acceptors (Lipinski definition) is 3. The second-order valence-corrected chi connectivity index (χ2v) is 6.42. The standard InChI is InChI=1S/C18H31N3/c1-4-11-19-13-16-12-15(2)18(20-14-16)21(3)17-9-7-5-6-8-10-17/h12,14,17,19H,4-11,13H2,1-3H3. The highest BCUT2D eigenvalue weighted by molar-refractivity contribution is 5.47. The Labute approximate surface area is 130 Å². The van der Waals surface area contributed by atoms with Gasteiger partial charge >= 0.3 is 0 Å². The molecule has 0 saturated heterocycles. The SMILES string of the molecule is CCCNCc1cnc(N(C)C2CCCCCC2)c(C)c1. The molecule has 1 aliphatic carbocycles. The molecule has 1 aromatic heterocycles. The van der Waals surface area contributed by atoms with Gasteiger partial charge in [0.1, 0.15) is 5.82 Å². The molecule has 118 valence electrons. The van der Waals surface area contributed by atoms with Crippen molar-refractivity contribution in [1.82, 2.24) is 10.3 Å². The molecule has 0 atom stereocenters. The molecule has 3 heteroatoms. The smallest absolute Gasteiger partial charge is 0.131 e. The summed E-state index contributed by atoms with van der Waals surface area (Å²) in [4.78, 5) is 7.17. The Kier molecular flexibility index (Phi) is 6.50. The molecule has 2 rings (SSSR count). The molecule has 0 aromatic carbocycles. The fraction of sp³-hybridized carbons (Fsp3) is 0.722. The van der Waals surface area contributed by atoms with Crippen LogP contribution in [-0.4, -0.2) is 24.6 Å². The van der Waals surface area contributed by atoms with Gasteiger partial charge in [0.25, 0.3) is 0 Å². The molecule has 21 heavy (non-hydrogen) atoms. The molecule has 1 heterocycles. The number of aryl methyl sites for hydroxylation is 1. The molecule has 0 spiro atoms. The van der Waals surface area contributed by atoms with Crippen LogP contribution in [0.1, 0.15) is 63.0 Å². The van der Waals surface area contributed by atoms with E-state index in [1.54, 1.807) is 0 Å². The van der Waals surface area contributed by atoms with Crippen LogP contribution < -0.4 is 10.2 Å². The largest absolute Gasteiger partial charge is 0.356 e. The number of hydrogen-bond donors (Lipinski definition) is 1. The molecule has 0 aliphatic heterocycles. The Morgan fingerprint density at radius 2 is 1.95 bits per heavy atom. The maximum atomic E-state index is 4.75. The average Bonchev–Trinajstić information content (AvgIpc) is 2.76. The van der Waals surface area contributed by atoms with Crippen LogP contribution in [0.3, 0.4) is 0 Å². The van der Waals surface area contributed by atoms with Gasteiger partial charge < -0.3 is 10.2 Å². The Balaban J connectivity index is 2.01. The lowest BCUT2D eigenvalue weighted by molar-refractivity contribution is 0.548. The topological polar surface area (TPSA) is 28.2 Å². The third kappa shape index (κ3) is 4.70. The fourth-order valence-corrected chi connectivity index (χ4v) is 3.32. The summed E-state index contributed by atoms with van der Waals surface area (Å²) in [5.74, 6) is 1.17. The minimum absolute atomic E-state index is 0.669. The van der Waals surface area contributed by atoms with Crippen LogP contribution >= 0.6 is 0 Å². The van der Waals surface area contributed by atoms with Gasteiger partial charge in [-0.25, -0.2) is 4.98 Å². The zero-order valence-corrected chi connectivity index (χ0v) is 14.0. The molecule has 0 bridgehead atoms. The van der Waals surface area contributed by atoms with Crippen molar-refractivity contribution in [2.75, 3.05) is 18.5 Å². The highest BCUT2D eigenvalue weighted by Gasteiger charge is 2.19. The highest BCUT2D eigenvalue weighted by Crippen LogP contribution is 2.26. The lowest BCUT2D eigenvalue weighted by Crippen LogP contribution is -2.32. The molecule has 0 amide bonds. The number of nitrogens with zero attached hydrogens (tertiary/aromatic N) is 2. The molecule has 3 nitrogen and oxygen atoms in total. The first-order valence-electron chi connectivity index (χ1n) is 8.61. The monoisotopic (exact) mass is 289 g/mol. The van der Waals surface area contributed by atoms with Gasteiger partial charge in [0, 0.05) is 25.8 Å². The van der Waals surface area contributed by atoms with Gasteiger partial charge in [0.2, 0.25) is 0 Å². The number of aromatic nitrogens is 1. The molecular formula is C18H31N3. The summed E-state index contributed by atoms with van der Waals surface area (Å²) in [6.45, 7) is 6.39. The second kappa shape index (κ2) is 8.38. The van der Waals surface area contributed by atoms with E-state index in [1.807, 2.05) is 6.20 Å². The molecule has 1 aromatic rings. The first-order valence-corrected chi connectivity index (χ1v) is 8.61. The highest BCUT2D eigenvalue weighted by atomic mass is 15.2. The van der Waals surface area contributed by atoms with Crippen molar-refractivity contribution in [3.63, 3.8) is 0 Å². The molecule has 1 aliphatic rings. The summed E-state index contributed by atoms with van der Waals surface area (Å²) in [6.07, 6.45) is 11.4. The summed E-state index contributed by atoms with van der Waals surface area (Å²) in [6, 6.07) is 2.96. The van der Waals surface area contributed by atoms with Crippen LogP contribution in [-0.2, 0) is 6.54 Å². The predicted molar refractivity (Wildman–Crippen MR) is 90.9 cm³/mol. The molecule has 0 radical (unpaired) electrons. The summed E-state index contributed by atoms with van der Waals surface area (Å²) in [5.41, 5.74) is 2.59. The van der Waals surface area contributed by atoms with Crippen molar-refractivity contribution in [3.05, 3.63) is 23.4 Å². The quantitative estimate of drug-likeness (QED) is 0.632. The fourth-order valence-electron chi connectivity index (χ4n) is 3.32. The summed E-state index contributed by atoms with van der Waals surface area (Å²) < 4.78 is 0. The molecule has 1 fully saturated rings. The van der Waals surface area contributed by atoms with Gasteiger partial charge in [-0.1, -0.05) is 32.6 Å². The molecule has 1 saturated carbocycles. The Morgan fingerprint density at radius 3 is 2.57 bits per heavy atom. The van der Waals surface area contributed by atoms with Gasteiger partial charge in [0.05, 0.1) is 0 Å². The van der Waals surface area contributed by atoms with E-state index >= 15 is 0 Å². The Hall–Kier alpha value is -1.09. The summed E-state index contributed by atoms with van der Waals surface area (Å²) in [7, 11) is 2.22. The van der Waals surface area contributed by atoms with Gasteiger partial charge in [0.15, 0.2) is 0 Å². The van der Waals surface area contributed by atoms with Crippen molar-refractivity contribution in [2.45, 2.75) is 71.4 Å². The van der Waals surface area contributed by atoms with E-state index in [2.05, 4.69) is 37.2 Å². The number of rotatable bonds is 6. The van der Waals surface area contributed by atoms with Crippen LogP contribution in [0.15, 0.2) is 12.3 Å². The molecular weight excluding hydrogens is 258 g/mol. The van der Waals surface area contributed by atoms with E-state index in [9.17, 15) is 0 Å². The van der Waals surface area contributed by atoms with Crippen LogP contribution in [0.4, 0.5) is 5.82 Å². The number of nitrogens with one attached hydrogen (secondary N) is 1.